The van der Waals surface area contributed by atoms with E-state index in [4.69, 9.17) is 4.74 Å². The van der Waals surface area contributed by atoms with Crippen molar-refractivity contribution >= 4 is 37.0 Å². The number of amides is 2. The monoisotopic (exact) mass is 685 g/mol. The summed E-state index contributed by atoms with van der Waals surface area (Å²) in [5, 5.41) is 16.5. The summed E-state index contributed by atoms with van der Waals surface area (Å²) in [4.78, 5) is 42.5. The number of nitriles is 1. The maximum Gasteiger partial charge on any atom is 0.277 e. The lowest BCUT2D eigenvalue weighted by molar-refractivity contribution is 0.0933. The second-order valence-electron chi connectivity index (χ2n) is 13.7. The first-order chi connectivity index (χ1) is 23.8. The topological polar surface area (TPSA) is 117 Å². The van der Waals surface area contributed by atoms with Gasteiger partial charge in [-0.15, -0.1) is 5.54 Å². The molecule has 0 fully saturated rings. The van der Waals surface area contributed by atoms with Gasteiger partial charge in [0.1, 0.15) is 25.6 Å². The number of hydrogen-bond donors (Lipinski definition) is 1. The summed E-state index contributed by atoms with van der Waals surface area (Å²) in [5.74, 6) is 2.79. The van der Waals surface area contributed by atoms with E-state index < -0.39 is 14.0 Å². The van der Waals surface area contributed by atoms with Gasteiger partial charge in [-0.2, -0.15) is 10.4 Å². The number of nitrogens with zero attached hydrogens (tertiary/aromatic N) is 4. The van der Waals surface area contributed by atoms with Crippen LogP contribution in [0, 0.1) is 22.8 Å². The Kier molecular flexibility index (Phi) is 10.4. The molecule has 0 spiro atoms. The summed E-state index contributed by atoms with van der Waals surface area (Å²) in [5.41, 5.74) is 8.66. The van der Waals surface area contributed by atoms with Gasteiger partial charge in [0.25, 0.3) is 11.8 Å². The maximum atomic E-state index is 13.9. The fraction of sp³-hybridized carbons (Fsp3) is 0.325. The van der Waals surface area contributed by atoms with Gasteiger partial charge in [-0.1, -0.05) is 59.6 Å². The van der Waals surface area contributed by atoms with Crippen molar-refractivity contribution in [2.75, 3.05) is 17.3 Å². The number of ketones is 1. The first kappa shape index (κ1) is 35.8. The number of anilines is 2. The molecule has 50 heavy (non-hydrogen) atoms. The van der Waals surface area contributed by atoms with Crippen LogP contribution < -0.4 is 15.0 Å². The molecule has 4 aromatic rings. The Balaban J connectivity index is 1.36. The SMILES string of the molecule is COc1ccc(NC(=O)c2cnn3c2C(=O)N(c2ccc(C(=O)c4cccc(C#C[Si](C(C)C)(C(C)C)C(C)C)c4)cc2)[C@@H](C)C3)cc1C#N. The average Bonchev–Trinajstić information content (AvgIpc) is 3.52. The van der Waals surface area contributed by atoms with Crippen LogP contribution in [0.2, 0.25) is 16.6 Å². The van der Waals surface area contributed by atoms with Crippen molar-refractivity contribution in [2.24, 2.45) is 0 Å². The fourth-order valence-corrected chi connectivity index (χ4v) is 12.5. The quantitative estimate of drug-likeness (QED) is 0.109. The molecule has 1 aliphatic heterocycles. The lowest BCUT2D eigenvalue weighted by Crippen LogP contribution is -2.47. The summed E-state index contributed by atoms with van der Waals surface area (Å²) < 4.78 is 6.72. The van der Waals surface area contributed by atoms with E-state index in [-0.39, 0.29) is 34.6 Å². The second kappa shape index (κ2) is 14.6. The first-order valence-corrected chi connectivity index (χ1v) is 19.1. The summed E-state index contributed by atoms with van der Waals surface area (Å²) in [6.07, 6.45) is 1.38. The zero-order valence-electron chi connectivity index (χ0n) is 29.9. The van der Waals surface area contributed by atoms with Crippen LogP contribution in [0.1, 0.15) is 96.4 Å². The van der Waals surface area contributed by atoms with Crippen LogP contribution in [0.3, 0.4) is 0 Å². The smallest absolute Gasteiger partial charge is 0.277 e. The molecule has 2 amide bonds. The third kappa shape index (κ3) is 6.72. The van der Waals surface area contributed by atoms with E-state index in [2.05, 4.69) is 63.4 Å². The van der Waals surface area contributed by atoms with Crippen LogP contribution in [0.4, 0.5) is 11.4 Å². The van der Waals surface area contributed by atoms with Gasteiger partial charge in [0.2, 0.25) is 0 Å². The molecule has 1 N–H and O–H groups in total. The van der Waals surface area contributed by atoms with Crippen molar-refractivity contribution in [3.8, 4) is 23.3 Å². The maximum absolute atomic E-state index is 13.9. The van der Waals surface area contributed by atoms with E-state index in [1.165, 1.54) is 24.1 Å². The third-order valence-corrected chi connectivity index (χ3v) is 16.1. The van der Waals surface area contributed by atoms with E-state index in [9.17, 15) is 19.6 Å². The standard InChI is InChI=1S/C40H43N5O4Si/c1-25(2)50(26(3)4,27(5)6)19-18-29-10-9-11-31(20-29)38(46)30-12-15-34(16-13-30)45-28(7)24-44-37(40(45)48)35(23-42-44)39(47)43-33-14-17-36(49-8)32(21-33)22-41/h9-17,20-21,23,25-28H,24H2,1-8H3,(H,43,47)/t28-/m0/s1. The van der Waals surface area contributed by atoms with Crippen LogP contribution in [-0.2, 0) is 6.54 Å². The molecule has 5 rings (SSSR count). The lowest BCUT2D eigenvalue weighted by atomic mass is 10.0. The Morgan fingerprint density at radius 3 is 2.26 bits per heavy atom. The molecule has 1 aliphatic rings. The average molecular weight is 686 g/mol. The second-order valence-corrected chi connectivity index (χ2v) is 19.3. The highest BCUT2D eigenvalue weighted by molar-refractivity contribution is 6.90. The van der Waals surface area contributed by atoms with Crippen molar-refractivity contribution in [2.45, 2.75) is 77.7 Å². The molecule has 0 saturated heterocycles. The number of benzene rings is 3. The van der Waals surface area contributed by atoms with Crippen molar-refractivity contribution in [3.05, 3.63) is 106 Å². The number of rotatable bonds is 9. The molecular formula is C40H43N5O4Si. The fourth-order valence-electron chi connectivity index (χ4n) is 7.30. The van der Waals surface area contributed by atoms with Gasteiger partial charge in [-0.25, -0.2) is 0 Å². The van der Waals surface area contributed by atoms with Crippen molar-refractivity contribution in [1.29, 1.82) is 5.26 Å². The zero-order chi connectivity index (χ0) is 36.3. The predicted octanol–water partition coefficient (Wildman–Crippen LogP) is 7.87. The Morgan fingerprint density at radius 2 is 1.64 bits per heavy atom. The number of nitrogens with one attached hydrogen (secondary N) is 1. The molecule has 0 saturated carbocycles. The lowest BCUT2D eigenvalue weighted by Gasteiger charge is -2.38. The number of aromatic nitrogens is 2. The molecule has 9 nitrogen and oxygen atoms in total. The molecule has 3 aromatic carbocycles. The summed E-state index contributed by atoms with van der Waals surface area (Å²) >= 11 is 0. The van der Waals surface area contributed by atoms with Crippen molar-refractivity contribution in [1.82, 2.24) is 9.78 Å². The zero-order valence-corrected chi connectivity index (χ0v) is 30.9. The number of carbonyl (C=O) groups excluding carboxylic acids is 3. The molecule has 256 valence electrons. The van der Waals surface area contributed by atoms with Crippen LogP contribution >= 0.6 is 0 Å². The molecule has 0 aliphatic carbocycles. The Hall–Kier alpha value is -5.45. The Bertz CT molecular complexity index is 2020. The van der Waals surface area contributed by atoms with E-state index >= 15 is 0 Å². The summed E-state index contributed by atoms with van der Waals surface area (Å²) in [6.45, 7) is 16.0. The molecule has 0 bridgehead atoms. The molecular weight excluding hydrogens is 643 g/mol. The van der Waals surface area contributed by atoms with Crippen LogP contribution in [0.5, 0.6) is 5.75 Å². The molecule has 2 heterocycles. The highest BCUT2D eigenvalue weighted by Gasteiger charge is 2.42. The van der Waals surface area contributed by atoms with Gasteiger partial charge in [0.15, 0.2) is 5.78 Å². The van der Waals surface area contributed by atoms with Gasteiger partial charge in [-0.3, -0.25) is 19.1 Å². The molecule has 0 radical (unpaired) electrons. The van der Waals surface area contributed by atoms with Crippen LogP contribution in [0.25, 0.3) is 0 Å². The van der Waals surface area contributed by atoms with Crippen molar-refractivity contribution in [3.63, 3.8) is 0 Å². The largest absolute Gasteiger partial charge is 0.495 e. The van der Waals surface area contributed by atoms with Gasteiger partial charge >= 0.3 is 0 Å². The highest BCUT2D eigenvalue weighted by Crippen LogP contribution is 2.41. The molecule has 0 unspecified atom stereocenters. The third-order valence-electron chi connectivity index (χ3n) is 9.78. The number of fused-ring (bicyclic) bond motifs is 1. The summed E-state index contributed by atoms with van der Waals surface area (Å²) in [7, 11) is -0.463. The summed E-state index contributed by atoms with van der Waals surface area (Å²) in [6, 6.07) is 20.9. The minimum absolute atomic E-state index is 0.117. The van der Waals surface area contributed by atoms with Crippen molar-refractivity contribution < 1.29 is 19.1 Å². The first-order valence-electron chi connectivity index (χ1n) is 16.9. The van der Waals surface area contributed by atoms with E-state index in [0.717, 1.165) is 5.56 Å². The van der Waals surface area contributed by atoms with Gasteiger partial charge in [0.05, 0.1) is 37.0 Å². The van der Waals surface area contributed by atoms with Gasteiger partial charge in [0, 0.05) is 28.1 Å². The Morgan fingerprint density at radius 1 is 0.960 bits per heavy atom. The number of methoxy groups -OCH3 is 1. The Labute approximate surface area is 295 Å². The van der Waals surface area contributed by atoms with E-state index in [0.29, 0.717) is 51.4 Å². The number of ether oxygens (including phenoxy) is 1. The minimum atomic E-state index is -1.93. The highest BCUT2D eigenvalue weighted by atomic mass is 28.3. The number of hydrogen-bond acceptors (Lipinski definition) is 6. The van der Waals surface area contributed by atoms with E-state index in [1.807, 2.05) is 31.2 Å². The molecule has 10 heteroatoms. The molecule has 1 atom stereocenters. The normalized spacial score (nSPS) is 14.2. The minimum Gasteiger partial charge on any atom is -0.495 e. The van der Waals surface area contributed by atoms with Crippen LogP contribution in [0.15, 0.2) is 72.9 Å². The van der Waals surface area contributed by atoms with Gasteiger partial charge in [-0.05, 0) is 78.1 Å². The van der Waals surface area contributed by atoms with Gasteiger partial charge < -0.3 is 15.0 Å². The molecule has 1 aromatic heterocycles. The van der Waals surface area contributed by atoms with E-state index in [1.54, 1.807) is 47.4 Å². The predicted molar refractivity (Wildman–Crippen MR) is 198 cm³/mol. The number of carbonyl (C=O) groups is 3. The van der Waals surface area contributed by atoms with Crippen LogP contribution in [-0.4, -0.2) is 48.6 Å².